The van der Waals surface area contributed by atoms with E-state index in [9.17, 15) is 97.3 Å². The number of nitrogens with zero attached hydrogens (tertiary/aromatic N) is 2. The van der Waals surface area contributed by atoms with Crippen LogP contribution >= 0.6 is 0 Å². The van der Waals surface area contributed by atoms with Gasteiger partial charge >= 0.3 is 10.4 Å². The van der Waals surface area contributed by atoms with Gasteiger partial charge in [-0.1, -0.05) is 45.1 Å². The maximum absolute atomic E-state index is 14.5. The van der Waals surface area contributed by atoms with Crippen LogP contribution in [0.5, 0.6) is 17.2 Å². The molecule has 0 bridgehead atoms. The Morgan fingerprint density at radius 1 is 0.775 bits per heavy atom. The lowest BCUT2D eigenvalue weighted by Crippen LogP contribution is -2.64. The number of ether oxygens (including phenoxy) is 1. The molecule has 30 nitrogen and oxygen atoms in total. The predicted octanol–water partition coefficient (Wildman–Crippen LogP) is -5.30. The number of hydrogen-bond acceptors (Lipinski definition) is 21. The number of nitrogens with two attached hydrogens (primary N) is 1. The zero-order valence-corrected chi connectivity index (χ0v) is 44.4. The van der Waals surface area contributed by atoms with Crippen LogP contribution in [0, 0.1) is 0 Å². The van der Waals surface area contributed by atoms with Crippen molar-refractivity contribution < 1.29 is 106 Å². The number of aliphatic hydroxyl groups is 8. The molecule has 3 heterocycles. The van der Waals surface area contributed by atoms with Gasteiger partial charge in [0.1, 0.15) is 60.3 Å². The number of fused-ring (bicyclic) bond motifs is 2. The van der Waals surface area contributed by atoms with Crippen LogP contribution in [0.4, 0.5) is 0 Å². The van der Waals surface area contributed by atoms with Gasteiger partial charge in [0, 0.05) is 31.5 Å². The van der Waals surface area contributed by atoms with Crippen molar-refractivity contribution in [2.75, 3.05) is 19.7 Å². The van der Waals surface area contributed by atoms with Crippen LogP contribution < -0.4 is 41.2 Å². The zero-order chi connectivity index (χ0) is 59.3. The number of hydrogen-bond donors (Lipinski definition) is 16. The normalized spacial score (nSPS) is 27.2. The van der Waals surface area contributed by atoms with Crippen molar-refractivity contribution >= 4 is 57.7 Å². The Kier molecular flexibility index (Phi) is 22.9. The van der Waals surface area contributed by atoms with Gasteiger partial charge in [0.2, 0.25) is 41.4 Å². The Labute approximate surface area is 458 Å². The lowest BCUT2D eigenvalue weighted by Gasteiger charge is -2.34. The van der Waals surface area contributed by atoms with E-state index in [4.69, 9.17) is 10.5 Å². The molecule has 0 aliphatic carbocycles. The van der Waals surface area contributed by atoms with Crippen LogP contribution in [0.3, 0.4) is 0 Å². The minimum Gasteiger partial charge on any atom is -0.504 e. The van der Waals surface area contributed by atoms with Gasteiger partial charge in [-0.3, -0.25) is 42.9 Å². The molecular weight excluding hydrogens is 1080 g/mol. The highest BCUT2D eigenvalue weighted by atomic mass is 32.3. The molecule has 2 aromatic carbocycles. The number of aliphatic hydroxyl groups excluding tert-OH is 8. The van der Waals surface area contributed by atoms with Crippen LogP contribution in [0.2, 0.25) is 0 Å². The summed E-state index contributed by atoms with van der Waals surface area (Å²) in [7, 11) is -5.34. The number of primary amides is 1. The number of unbranched alkanes of at least 4 members (excludes halogenated alkanes) is 5. The quantitative estimate of drug-likeness (QED) is 0.0461. The van der Waals surface area contributed by atoms with E-state index in [0.29, 0.717) is 28.2 Å². The predicted molar refractivity (Wildman–Crippen MR) is 272 cm³/mol. The van der Waals surface area contributed by atoms with Crippen LogP contribution in [0.15, 0.2) is 42.5 Å². The molecule has 1 unspecified atom stereocenters. The Balaban J connectivity index is 1.56. The molecule has 80 heavy (non-hydrogen) atoms. The molecule has 5 rings (SSSR count). The molecule has 0 aromatic heterocycles. The monoisotopic (exact) mass is 1150 g/mol. The third-order valence-corrected chi connectivity index (χ3v) is 14.0. The lowest BCUT2D eigenvalue weighted by atomic mass is 9.96. The van der Waals surface area contributed by atoms with Gasteiger partial charge in [0.25, 0.3) is 5.91 Å². The van der Waals surface area contributed by atoms with Crippen LogP contribution in [0.1, 0.15) is 100 Å². The Bertz CT molecular complexity index is 2650. The molecule has 3 fully saturated rings. The second-order valence-corrected chi connectivity index (χ2v) is 20.8. The molecule has 17 N–H and O–H groups in total. The first-order valence-corrected chi connectivity index (χ1v) is 27.1. The molecular formula is C49H70N8O22S. The largest absolute Gasteiger partial charge is 0.504 e. The van der Waals surface area contributed by atoms with E-state index in [1.165, 1.54) is 24.3 Å². The number of rotatable bonds is 19. The van der Waals surface area contributed by atoms with Crippen molar-refractivity contribution in [3.63, 3.8) is 0 Å². The minimum absolute atomic E-state index is 0.0550. The molecule has 0 spiro atoms. The van der Waals surface area contributed by atoms with Gasteiger partial charge < -0.3 is 97.0 Å². The Morgan fingerprint density at radius 3 is 2.04 bits per heavy atom. The van der Waals surface area contributed by atoms with Gasteiger partial charge in [-0.2, -0.15) is 8.42 Å². The van der Waals surface area contributed by atoms with Crippen LogP contribution in [-0.2, 0) is 44.0 Å². The van der Waals surface area contributed by atoms with Crippen LogP contribution in [-0.4, -0.2) is 215 Å². The maximum atomic E-state index is 14.5. The highest BCUT2D eigenvalue weighted by molar-refractivity contribution is 7.81. The molecule has 31 heteroatoms. The summed E-state index contributed by atoms with van der Waals surface area (Å²) >= 11 is 0. The summed E-state index contributed by atoms with van der Waals surface area (Å²) in [6.07, 6.45) is -14.2. The highest BCUT2D eigenvalue weighted by Crippen LogP contribution is 2.32. The SMILES string of the molecule is CCCCCCCCOc1ccc(C(=O)NC2C[C@@H](O)[C@@H](O)NC(=O)[C@@H]3[C@@H](O)CCN3C(=O)[C@H]([C@@H](O)CC(N)=O)NC(=O)[C@H]([C@H](O)[C@@H](O)c3ccc(O)c(OS(=O)(=O)O)c3)NC(=O)[C@@H]3C[C@@H](O)CN3C(=O)[C@H]([C@H](C)O)NC2=O)cc1. The number of aromatic hydroxyl groups is 1. The third kappa shape index (κ3) is 17.1. The van der Waals surface area contributed by atoms with Gasteiger partial charge in [0.05, 0.1) is 37.4 Å². The lowest BCUT2D eigenvalue weighted by molar-refractivity contribution is -0.149. The fourth-order valence-electron chi connectivity index (χ4n) is 9.31. The summed E-state index contributed by atoms with van der Waals surface area (Å²) in [4.78, 5) is 113. The summed E-state index contributed by atoms with van der Waals surface area (Å²) < 4.78 is 42.3. The fourth-order valence-corrected chi connectivity index (χ4v) is 9.67. The van der Waals surface area contributed by atoms with E-state index in [0.717, 1.165) is 57.6 Å². The van der Waals surface area contributed by atoms with E-state index in [1.807, 2.05) is 10.6 Å². The van der Waals surface area contributed by atoms with Crippen molar-refractivity contribution in [2.45, 2.75) is 163 Å². The fraction of sp³-hybridized carbons (Fsp3) is 0.592. The molecule has 3 aliphatic rings. The van der Waals surface area contributed by atoms with Crippen molar-refractivity contribution in [3.05, 3.63) is 53.6 Å². The Morgan fingerprint density at radius 2 is 1.40 bits per heavy atom. The molecule has 3 aliphatic heterocycles. The van der Waals surface area contributed by atoms with E-state index >= 15 is 0 Å². The second-order valence-electron chi connectivity index (χ2n) is 19.8. The molecule has 2 aromatic rings. The number of nitrogens with one attached hydrogen (secondary N) is 5. The van der Waals surface area contributed by atoms with E-state index in [2.05, 4.69) is 27.1 Å². The van der Waals surface area contributed by atoms with Crippen LogP contribution in [0.25, 0.3) is 0 Å². The van der Waals surface area contributed by atoms with E-state index < -0.39 is 192 Å². The summed E-state index contributed by atoms with van der Waals surface area (Å²) in [6, 6.07) is -5.08. The van der Waals surface area contributed by atoms with Crippen molar-refractivity contribution in [2.24, 2.45) is 5.73 Å². The smallest absolute Gasteiger partial charge is 0.446 e. The second kappa shape index (κ2) is 28.6. The van der Waals surface area contributed by atoms with Gasteiger partial charge in [0.15, 0.2) is 17.7 Å². The first-order chi connectivity index (χ1) is 37.6. The maximum Gasteiger partial charge on any atom is 0.446 e. The summed E-state index contributed by atoms with van der Waals surface area (Å²) in [5, 5.41) is 111. The van der Waals surface area contributed by atoms with Crippen molar-refractivity contribution in [3.8, 4) is 17.2 Å². The number of benzene rings is 2. The highest BCUT2D eigenvalue weighted by Gasteiger charge is 2.49. The molecule has 0 radical (unpaired) electrons. The molecule has 0 saturated carbocycles. The minimum atomic E-state index is -5.34. The topological polar surface area (TPSA) is 484 Å². The number of phenols is 1. The number of carbonyl (C=O) groups excluding carboxylic acids is 8. The average molecular weight is 1160 g/mol. The standard InChI is InChI=1S/C49H70N8O22S/c1-3-4-5-6-7-8-17-78-27-12-9-24(10-13-27)42(67)51-28-20-33(63)45(70)55-47(72)39-31(61)15-16-56(39)49(74)37(32(62)21-35(50)64)53-46(71)38(41(66)40(65)25-11-14-30(60)34(18-25)79-80(75,76)77)54-44(69)29-19-26(59)22-57(29)48(73)36(23(2)58)52-43(28)68/h9-14,18,23,26,28-29,31-33,36-41,45,58-63,65-66,70H,3-8,15-17,19-22H2,1-2H3,(H2,50,64)(H,51,67)(H,52,68)(H,53,71)(H,54,69)(H,55,72)(H,75,76,77)/t23-,26+,28?,29-,31-,32-,33+,36-,37-,38-,39-,40-,41-,45+/m0/s1. The van der Waals surface area contributed by atoms with Crippen molar-refractivity contribution in [1.29, 1.82) is 0 Å². The number of carbonyl (C=O) groups is 8. The van der Waals surface area contributed by atoms with Crippen molar-refractivity contribution in [1.82, 2.24) is 36.4 Å². The molecule has 8 amide bonds. The first-order valence-electron chi connectivity index (χ1n) is 25.7. The third-order valence-electron chi connectivity index (χ3n) is 13.6. The number of amides is 8. The van der Waals surface area contributed by atoms with Gasteiger partial charge in [-0.15, -0.1) is 0 Å². The molecule has 444 valence electrons. The molecule has 3 saturated heterocycles. The van der Waals surface area contributed by atoms with Gasteiger partial charge in [-0.25, -0.2) is 0 Å². The Hall–Kier alpha value is -6.81. The first kappa shape index (κ1) is 64.0. The zero-order valence-electron chi connectivity index (χ0n) is 43.6. The average Bonchev–Trinajstić information content (AvgIpc) is 4.00. The summed E-state index contributed by atoms with van der Waals surface area (Å²) in [5.41, 5.74) is 4.66. The van der Waals surface area contributed by atoms with E-state index in [-0.39, 0.29) is 12.0 Å². The van der Waals surface area contributed by atoms with Gasteiger partial charge in [-0.05, 0) is 61.7 Å². The summed E-state index contributed by atoms with van der Waals surface area (Å²) in [6.45, 7) is 2.29. The van der Waals surface area contributed by atoms with E-state index in [1.54, 1.807) is 0 Å². The number of phenolic OH excluding ortho intramolecular Hbond substituents is 1. The molecule has 14 atom stereocenters. The summed E-state index contributed by atoms with van der Waals surface area (Å²) in [5.74, 6) is -12.3.